The maximum Gasteiger partial charge on any atom is 0.270 e. The summed E-state index contributed by atoms with van der Waals surface area (Å²) in [7, 11) is 5.16. The van der Waals surface area contributed by atoms with E-state index in [0.717, 1.165) is 49.8 Å². The lowest BCUT2D eigenvalue weighted by atomic mass is 9.76. The minimum absolute atomic E-state index is 0.0666. The van der Waals surface area contributed by atoms with Crippen LogP contribution in [0.4, 0.5) is 0 Å². The first-order valence-electron chi connectivity index (χ1n) is 10.8. The summed E-state index contributed by atoms with van der Waals surface area (Å²) in [6, 6.07) is 6.09. The van der Waals surface area contributed by atoms with Crippen molar-refractivity contribution in [2.24, 2.45) is 18.9 Å². The van der Waals surface area contributed by atoms with Gasteiger partial charge in [0.1, 0.15) is 5.69 Å². The molecule has 0 saturated carbocycles. The van der Waals surface area contributed by atoms with Gasteiger partial charge < -0.3 is 23.8 Å². The van der Waals surface area contributed by atoms with Crippen molar-refractivity contribution < 1.29 is 19.1 Å². The molecule has 3 atom stereocenters. The number of carbonyl (C=O) groups excluding carboxylic acids is 2. The van der Waals surface area contributed by atoms with Gasteiger partial charge in [-0.25, -0.2) is 0 Å². The number of aryl methyl sites for hydroxylation is 1. The molecule has 0 radical (unpaired) electrons. The maximum atomic E-state index is 13.5. The predicted molar refractivity (Wildman–Crippen MR) is 113 cm³/mol. The lowest BCUT2D eigenvalue weighted by molar-refractivity contribution is -0.144. The number of hydrogen-bond donors (Lipinski definition) is 0. The standard InChI is InChI=1S/C23H29N3O4/c1-24-18-10-21(30-3)20(29-2)9-15(18)8-19(24)23(28)25-11-14-7-16(13-25)17-5-4-6-22(27)26(17)12-14/h8-10,14,16-17H,4-7,11-13H2,1-3H3/t14-,16+,17?/m1/s1. The largest absolute Gasteiger partial charge is 0.493 e. The fourth-order valence-electron chi connectivity index (χ4n) is 5.81. The molecule has 7 nitrogen and oxygen atoms in total. The Morgan fingerprint density at radius 3 is 2.60 bits per heavy atom. The SMILES string of the molecule is COc1cc2cc(C(=O)N3C[C@H]4C[C@@H](C3)C3CCCC(=O)N3C4)n(C)c2cc1OC. The minimum Gasteiger partial charge on any atom is -0.493 e. The Morgan fingerprint density at radius 1 is 1.07 bits per heavy atom. The zero-order valence-corrected chi connectivity index (χ0v) is 17.9. The number of rotatable bonds is 3. The first kappa shape index (κ1) is 19.3. The Kier molecular flexibility index (Phi) is 4.64. The van der Waals surface area contributed by atoms with E-state index in [2.05, 4.69) is 4.90 Å². The smallest absolute Gasteiger partial charge is 0.270 e. The van der Waals surface area contributed by atoms with Gasteiger partial charge in [-0.3, -0.25) is 9.59 Å². The summed E-state index contributed by atoms with van der Waals surface area (Å²) in [4.78, 5) is 30.0. The summed E-state index contributed by atoms with van der Waals surface area (Å²) in [5, 5.41) is 0.958. The molecule has 4 heterocycles. The van der Waals surface area contributed by atoms with Crippen molar-refractivity contribution in [2.75, 3.05) is 33.9 Å². The van der Waals surface area contributed by atoms with Crippen LogP contribution in [-0.4, -0.2) is 66.1 Å². The van der Waals surface area contributed by atoms with Gasteiger partial charge in [-0.15, -0.1) is 0 Å². The lowest BCUT2D eigenvalue weighted by Gasteiger charge is -2.52. The molecule has 3 aliphatic heterocycles. The Hall–Kier alpha value is -2.70. The van der Waals surface area contributed by atoms with Crippen molar-refractivity contribution in [1.29, 1.82) is 0 Å². The number of methoxy groups -OCH3 is 2. The number of ether oxygens (including phenoxy) is 2. The zero-order valence-electron chi connectivity index (χ0n) is 17.9. The van der Waals surface area contributed by atoms with Crippen LogP contribution in [0.25, 0.3) is 10.9 Å². The number of benzene rings is 1. The van der Waals surface area contributed by atoms with Gasteiger partial charge in [0.05, 0.1) is 19.7 Å². The number of piperidine rings is 3. The van der Waals surface area contributed by atoms with Crippen LogP contribution >= 0.6 is 0 Å². The van der Waals surface area contributed by atoms with Gasteiger partial charge in [0, 0.05) is 50.6 Å². The Bertz CT molecular complexity index is 1010. The van der Waals surface area contributed by atoms with Crippen LogP contribution in [0.1, 0.15) is 36.2 Å². The van der Waals surface area contributed by atoms with Crippen LogP contribution in [0.15, 0.2) is 18.2 Å². The molecule has 5 rings (SSSR count). The lowest BCUT2D eigenvalue weighted by Crippen LogP contribution is -2.61. The number of likely N-dealkylation sites (tertiary alicyclic amines) is 1. The molecule has 3 fully saturated rings. The van der Waals surface area contributed by atoms with Crippen LogP contribution in [0, 0.1) is 11.8 Å². The monoisotopic (exact) mass is 411 g/mol. The van der Waals surface area contributed by atoms with E-state index in [1.54, 1.807) is 14.2 Å². The fraction of sp³-hybridized carbons (Fsp3) is 0.565. The van der Waals surface area contributed by atoms with Crippen LogP contribution < -0.4 is 9.47 Å². The normalized spacial score (nSPS) is 26.0. The van der Waals surface area contributed by atoms with E-state index in [1.165, 1.54) is 0 Å². The van der Waals surface area contributed by atoms with Crippen molar-refractivity contribution in [3.05, 3.63) is 23.9 Å². The van der Waals surface area contributed by atoms with Gasteiger partial charge in [0.2, 0.25) is 5.91 Å². The number of hydrogen-bond acceptors (Lipinski definition) is 4. The molecular formula is C23H29N3O4. The molecule has 7 heteroatoms. The van der Waals surface area contributed by atoms with Crippen molar-refractivity contribution in [1.82, 2.24) is 14.4 Å². The van der Waals surface area contributed by atoms with E-state index < -0.39 is 0 Å². The third-order valence-electron chi connectivity index (χ3n) is 7.23. The number of nitrogens with zero attached hydrogens (tertiary/aromatic N) is 3. The van der Waals surface area contributed by atoms with Gasteiger partial charge in [0.15, 0.2) is 11.5 Å². The molecule has 0 aliphatic carbocycles. The second-order valence-corrected chi connectivity index (χ2v) is 8.93. The topological polar surface area (TPSA) is 64.0 Å². The van der Waals surface area contributed by atoms with Gasteiger partial charge in [-0.1, -0.05) is 0 Å². The molecule has 3 aliphatic rings. The first-order chi connectivity index (χ1) is 14.5. The molecule has 0 spiro atoms. The molecule has 160 valence electrons. The van der Waals surface area contributed by atoms with E-state index in [-0.39, 0.29) is 5.91 Å². The fourth-order valence-corrected chi connectivity index (χ4v) is 5.81. The van der Waals surface area contributed by atoms with Crippen molar-refractivity contribution >= 4 is 22.7 Å². The van der Waals surface area contributed by atoms with Gasteiger partial charge >= 0.3 is 0 Å². The maximum absolute atomic E-state index is 13.5. The van der Waals surface area contributed by atoms with Crippen molar-refractivity contribution in [3.63, 3.8) is 0 Å². The third-order valence-corrected chi connectivity index (χ3v) is 7.23. The molecule has 0 N–H and O–H groups in total. The highest BCUT2D eigenvalue weighted by atomic mass is 16.5. The van der Waals surface area contributed by atoms with Crippen LogP contribution in [0.5, 0.6) is 11.5 Å². The Morgan fingerprint density at radius 2 is 1.83 bits per heavy atom. The van der Waals surface area contributed by atoms with Gasteiger partial charge in [-0.2, -0.15) is 0 Å². The first-order valence-corrected chi connectivity index (χ1v) is 10.8. The second-order valence-electron chi connectivity index (χ2n) is 8.93. The van der Waals surface area contributed by atoms with Crippen molar-refractivity contribution in [3.8, 4) is 11.5 Å². The van der Waals surface area contributed by atoms with Crippen LogP contribution in [0.3, 0.4) is 0 Å². The van der Waals surface area contributed by atoms with E-state index in [4.69, 9.17) is 9.47 Å². The quantitative estimate of drug-likeness (QED) is 0.779. The van der Waals surface area contributed by atoms with E-state index in [0.29, 0.717) is 47.4 Å². The highest BCUT2D eigenvalue weighted by Gasteiger charge is 2.45. The van der Waals surface area contributed by atoms with E-state index in [1.807, 2.05) is 34.7 Å². The molecule has 30 heavy (non-hydrogen) atoms. The summed E-state index contributed by atoms with van der Waals surface area (Å²) in [6.07, 6.45) is 3.85. The molecule has 3 saturated heterocycles. The van der Waals surface area contributed by atoms with Crippen molar-refractivity contribution in [2.45, 2.75) is 31.7 Å². The number of aromatic nitrogens is 1. The van der Waals surface area contributed by atoms with Gasteiger partial charge in [-0.05, 0) is 43.2 Å². The Labute approximate surface area is 176 Å². The highest BCUT2D eigenvalue weighted by molar-refractivity contribution is 5.99. The Balaban J connectivity index is 1.43. The molecule has 1 unspecified atom stereocenters. The number of carbonyl (C=O) groups is 2. The van der Waals surface area contributed by atoms with Crippen LogP contribution in [0.2, 0.25) is 0 Å². The summed E-state index contributed by atoms with van der Waals surface area (Å²) in [5.41, 5.74) is 1.62. The summed E-state index contributed by atoms with van der Waals surface area (Å²) in [6.45, 7) is 2.26. The van der Waals surface area contributed by atoms with Crippen LogP contribution in [-0.2, 0) is 11.8 Å². The average Bonchev–Trinajstić information content (AvgIpc) is 3.08. The minimum atomic E-state index is 0.0666. The molecule has 2 amide bonds. The summed E-state index contributed by atoms with van der Waals surface area (Å²) >= 11 is 0. The molecule has 1 aromatic heterocycles. The summed E-state index contributed by atoms with van der Waals surface area (Å²) < 4.78 is 12.8. The van der Waals surface area contributed by atoms with E-state index in [9.17, 15) is 9.59 Å². The zero-order chi connectivity index (χ0) is 21.0. The van der Waals surface area contributed by atoms with E-state index >= 15 is 0 Å². The predicted octanol–water partition coefficient (Wildman–Crippen LogP) is 2.67. The molecular weight excluding hydrogens is 382 g/mol. The third kappa shape index (κ3) is 2.94. The highest BCUT2D eigenvalue weighted by Crippen LogP contribution is 2.39. The summed E-state index contributed by atoms with van der Waals surface area (Å²) in [5.74, 6) is 2.44. The molecule has 2 aromatic rings. The number of fused-ring (bicyclic) bond motifs is 5. The second kappa shape index (κ2) is 7.22. The molecule has 1 aromatic carbocycles. The average molecular weight is 412 g/mol. The molecule has 2 bridgehead atoms. The number of amides is 2. The van der Waals surface area contributed by atoms with Gasteiger partial charge in [0.25, 0.3) is 5.91 Å².